The Morgan fingerprint density at radius 2 is 2.19 bits per heavy atom. The molecular weight excluding hydrogens is 332 g/mol. The maximum Gasteiger partial charge on any atom is 0.283 e. The molecule has 0 bridgehead atoms. The van der Waals surface area contributed by atoms with Crippen LogP contribution in [0.5, 0.6) is 0 Å². The van der Waals surface area contributed by atoms with Crippen molar-refractivity contribution in [2.45, 2.75) is 39.2 Å². The van der Waals surface area contributed by atoms with E-state index in [0.717, 1.165) is 44.7 Å². The van der Waals surface area contributed by atoms with Crippen molar-refractivity contribution in [1.82, 2.24) is 15.1 Å². The van der Waals surface area contributed by atoms with Crippen LogP contribution in [0.25, 0.3) is 0 Å². The molecule has 5 nitrogen and oxygen atoms in total. The predicted molar refractivity (Wildman–Crippen MR) is 87.6 cm³/mol. The molecule has 21 heavy (non-hydrogen) atoms. The standard InChI is InChI=1S/C15H23BrN4O/c1-15(4-6-17-7-5-15)10-18-12-8-19-20(9-11-2-3-11)14(21)13(12)16/h8,11,17-18H,2-7,9-10H2,1H3. The van der Waals surface area contributed by atoms with Crippen molar-refractivity contribution < 1.29 is 0 Å². The van der Waals surface area contributed by atoms with Gasteiger partial charge in [-0.05, 0) is 66.0 Å². The number of anilines is 1. The minimum absolute atomic E-state index is 0.0256. The zero-order valence-corrected chi connectivity index (χ0v) is 14.1. The van der Waals surface area contributed by atoms with Crippen LogP contribution in [0.2, 0.25) is 0 Å². The van der Waals surface area contributed by atoms with Gasteiger partial charge in [0.05, 0.1) is 11.9 Å². The third-order valence-corrected chi connectivity index (χ3v) is 5.40. The van der Waals surface area contributed by atoms with Gasteiger partial charge in [0.2, 0.25) is 0 Å². The summed E-state index contributed by atoms with van der Waals surface area (Å²) in [6, 6.07) is 0. The second-order valence-corrected chi connectivity index (χ2v) is 7.51. The summed E-state index contributed by atoms with van der Waals surface area (Å²) in [6.07, 6.45) is 6.53. The predicted octanol–water partition coefficient (Wildman–Crippen LogP) is 2.22. The second-order valence-electron chi connectivity index (χ2n) is 6.72. The zero-order chi connectivity index (χ0) is 14.9. The summed E-state index contributed by atoms with van der Waals surface area (Å²) in [5.41, 5.74) is 1.07. The number of hydrogen-bond donors (Lipinski definition) is 2. The number of nitrogens with one attached hydrogen (secondary N) is 2. The molecule has 0 aromatic carbocycles. The fourth-order valence-corrected chi connectivity index (χ4v) is 3.23. The Bertz CT molecular complexity index is 561. The molecular formula is C15H23BrN4O. The van der Waals surface area contributed by atoms with Crippen LogP contribution < -0.4 is 16.2 Å². The fourth-order valence-electron chi connectivity index (χ4n) is 2.78. The molecule has 0 radical (unpaired) electrons. The van der Waals surface area contributed by atoms with E-state index in [1.54, 1.807) is 10.9 Å². The molecule has 2 fully saturated rings. The van der Waals surface area contributed by atoms with Crippen LogP contribution in [0, 0.1) is 11.3 Å². The number of rotatable bonds is 5. The van der Waals surface area contributed by atoms with E-state index in [1.165, 1.54) is 12.8 Å². The third kappa shape index (κ3) is 3.66. The van der Waals surface area contributed by atoms with Gasteiger partial charge in [0.25, 0.3) is 5.56 Å². The Morgan fingerprint density at radius 1 is 1.48 bits per heavy atom. The molecule has 0 amide bonds. The first kappa shape index (κ1) is 15.0. The van der Waals surface area contributed by atoms with Gasteiger partial charge in [-0.25, -0.2) is 4.68 Å². The first-order valence-corrected chi connectivity index (χ1v) is 8.57. The van der Waals surface area contributed by atoms with Gasteiger partial charge >= 0.3 is 0 Å². The first-order chi connectivity index (χ1) is 10.1. The fraction of sp³-hybridized carbons (Fsp3) is 0.733. The highest BCUT2D eigenvalue weighted by Gasteiger charge is 2.27. The van der Waals surface area contributed by atoms with Gasteiger partial charge in [-0.3, -0.25) is 4.79 Å². The minimum atomic E-state index is -0.0256. The van der Waals surface area contributed by atoms with E-state index in [0.29, 0.717) is 10.4 Å². The normalized spacial score (nSPS) is 21.2. The van der Waals surface area contributed by atoms with Crippen LogP contribution >= 0.6 is 15.9 Å². The van der Waals surface area contributed by atoms with Crippen LogP contribution in [0.3, 0.4) is 0 Å². The first-order valence-electron chi connectivity index (χ1n) is 7.78. The smallest absolute Gasteiger partial charge is 0.283 e. The molecule has 0 atom stereocenters. The highest BCUT2D eigenvalue weighted by Crippen LogP contribution is 2.31. The van der Waals surface area contributed by atoms with Gasteiger partial charge in [-0.15, -0.1) is 0 Å². The number of hydrogen-bond acceptors (Lipinski definition) is 4. The van der Waals surface area contributed by atoms with Gasteiger partial charge in [0, 0.05) is 13.1 Å². The van der Waals surface area contributed by atoms with Crippen molar-refractivity contribution >= 4 is 21.6 Å². The van der Waals surface area contributed by atoms with Gasteiger partial charge in [0.15, 0.2) is 0 Å². The van der Waals surface area contributed by atoms with Gasteiger partial charge in [-0.2, -0.15) is 5.10 Å². The lowest BCUT2D eigenvalue weighted by Crippen LogP contribution is -2.39. The maximum absolute atomic E-state index is 12.3. The van der Waals surface area contributed by atoms with E-state index in [1.807, 2.05) is 0 Å². The summed E-state index contributed by atoms with van der Waals surface area (Å²) < 4.78 is 2.19. The van der Waals surface area contributed by atoms with Crippen molar-refractivity contribution in [1.29, 1.82) is 0 Å². The van der Waals surface area contributed by atoms with E-state index in [-0.39, 0.29) is 11.0 Å². The van der Waals surface area contributed by atoms with Crippen LogP contribution in [0.1, 0.15) is 32.6 Å². The average molecular weight is 355 g/mol. The molecule has 0 spiro atoms. The number of nitrogens with zero attached hydrogens (tertiary/aromatic N) is 2. The third-order valence-electron chi connectivity index (χ3n) is 4.63. The summed E-state index contributed by atoms with van der Waals surface area (Å²) in [7, 11) is 0. The van der Waals surface area contributed by atoms with Crippen molar-refractivity contribution in [3.05, 3.63) is 21.0 Å². The van der Waals surface area contributed by atoms with Crippen molar-refractivity contribution in [2.24, 2.45) is 11.3 Å². The molecule has 2 heterocycles. The molecule has 1 aliphatic carbocycles. The van der Waals surface area contributed by atoms with E-state index in [4.69, 9.17) is 0 Å². The summed E-state index contributed by atoms with van der Waals surface area (Å²) in [6.45, 7) is 6.07. The summed E-state index contributed by atoms with van der Waals surface area (Å²) in [5, 5.41) is 11.1. The Labute approximate surface area is 133 Å². The van der Waals surface area contributed by atoms with Crippen LogP contribution in [0.4, 0.5) is 5.69 Å². The molecule has 1 saturated carbocycles. The molecule has 1 saturated heterocycles. The minimum Gasteiger partial charge on any atom is -0.382 e. The van der Waals surface area contributed by atoms with Gasteiger partial charge < -0.3 is 10.6 Å². The number of halogens is 1. The molecule has 1 aliphatic heterocycles. The van der Waals surface area contributed by atoms with E-state index in [2.05, 4.69) is 38.6 Å². The lowest BCUT2D eigenvalue weighted by atomic mass is 9.81. The zero-order valence-electron chi connectivity index (χ0n) is 12.5. The molecule has 1 aromatic heterocycles. The van der Waals surface area contributed by atoms with Crippen molar-refractivity contribution in [3.63, 3.8) is 0 Å². The summed E-state index contributed by atoms with van der Waals surface area (Å²) in [4.78, 5) is 12.3. The Kier molecular flexibility index (Phi) is 4.36. The van der Waals surface area contributed by atoms with Crippen LogP contribution in [-0.4, -0.2) is 29.4 Å². The molecule has 116 valence electrons. The number of aromatic nitrogens is 2. The maximum atomic E-state index is 12.3. The van der Waals surface area contributed by atoms with E-state index >= 15 is 0 Å². The Balaban J connectivity index is 1.67. The van der Waals surface area contributed by atoms with Crippen LogP contribution in [0.15, 0.2) is 15.5 Å². The summed E-state index contributed by atoms with van der Waals surface area (Å²) >= 11 is 3.44. The number of piperidine rings is 1. The topological polar surface area (TPSA) is 59.0 Å². The van der Waals surface area contributed by atoms with Gasteiger partial charge in [-0.1, -0.05) is 6.92 Å². The van der Waals surface area contributed by atoms with Crippen molar-refractivity contribution in [2.75, 3.05) is 25.0 Å². The van der Waals surface area contributed by atoms with E-state index < -0.39 is 0 Å². The average Bonchev–Trinajstić information content (AvgIpc) is 3.28. The second kappa shape index (κ2) is 6.08. The molecule has 2 aliphatic rings. The Morgan fingerprint density at radius 3 is 2.86 bits per heavy atom. The summed E-state index contributed by atoms with van der Waals surface area (Å²) in [5.74, 6) is 0.648. The molecule has 0 unspecified atom stereocenters. The lowest BCUT2D eigenvalue weighted by Gasteiger charge is -2.34. The highest BCUT2D eigenvalue weighted by atomic mass is 79.9. The molecule has 2 N–H and O–H groups in total. The van der Waals surface area contributed by atoms with Crippen LogP contribution in [-0.2, 0) is 6.54 Å². The SMILES string of the molecule is CC1(CNc2cnn(CC3CC3)c(=O)c2Br)CCNCC1. The monoisotopic (exact) mass is 354 g/mol. The van der Waals surface area contributed by atoms with Gasteiger partial charge in [0.1, 0.15) is 4.47 Å². The lowest BCUT2D eigenvalue weighted by molar-refractivity contribution is 0.247. The van der Waals surface area contributed by atoms with E-state index in [9.17, 15) is 4.79 Å². The molecule has 1 aromatic rings. The quantitative estimate of drug-likeness (QED) is 0.850. The largest absolute Gasteiger partial charge is 0.382 e. The molecule has 6 heteroatoms. The van der Waals surface area contributed by atoms with Crippen molar-refractivity contribution in [3.8, 4) is 0 Å². The Hall–Kier alpha value is -0.880. The highest BCUT2D eigenvalue weighted by molar-refractivity contribution is 9.10. The molecule has 3 rings (SSSR count).